The molecule has 0 unspecified atom stereocenters. The maximum absolute atomic E-state index is 12.4. The molecule has 134 valence electrons. The van der Waals surface area contributed by atoms with E-state index in [1.165, 1.54) is 0 Å². The van der Waals surface area contributed by atoms with Crippen LogP contribution in [0.5, 0.6) is 0 Å². The number of imidazole rings is 1. The van der Waals surface area contributed by atoms with E-state index in [0.29, 0.717) is 18.5 Å². The summed E-state index contributed by atoms with van der Waals surface area (Å²) in [4.78, 5) is 21.1. The van der Waals surface area contributed by atoms with Gasteiger partial charge in [-0.05, 0) is 34.7 Å². The number of hydrogen-bond acceptors (Lipinski definition) is 3. The van der Waals surface area contributed by atoms with E-state index in [2.05, 4.69) is 33.5 Å². The third kappa shape index (κ3) is 3.99. The molecular formula is C22H19N3OS. The van der Waals surface area contributed by atoms with Crippen LogP contribution in [0.25, 0.3) is 21.7 Å². The van der Waals surface area contributed by atoms with E-state index in [4.69, 9.17) is 0 Å². The monoisotopic (exact) mass is 373 g/mol. The smallest absolute Gasteiger partial charge is 0.251 e. The maximum Gasteiger partial charge on any atom is 0.251 e. The molecule has 0 saturated heterocycles. The van der Waals surface area contributed by atoms with Gasteiger partial charge >= 0.3 is 0 Å². The summed E-state index contributed by atoms with van der Waals surface area (Å²) in [6.07, 6.45) is 2.41. The summed E-state index contributed by atoms with van der Waals surface area (Å²) in [5, 5.41) is 5.02. The van der Waals surface area contributed by atoms with Crippen molar-refractivity contribution >= 4 is 17.2 Å². The zero-order valence-electron chi connectivity index (χ0n) is 14.7. The Morgan fingerprint density at radius 3 is 2.48 bits per heavy atom. The fourth-order valence-corrected chi connectivity index (χ4v) is 3.73. The lowest BCUT2D eigenvalue weighted by atomic mass is 10.0. The molecule has 0 aliphatic heterocycles. The quantitative estimate of drug-likeness (QED) is 0.511. The fourth-order valence-electron chi connectivity index (χ4n) is 2.98. The molecule has 1 amide bonds. The minimum Gasteiger partial charge on any atom is -0.352 e. The molecule has 2 N–H and O–H groups in total. The Balaban J connectivity index is 1.36. The topological polar surface area (TPSA) is 57.8 Å². The molecule has 4 rings (SSSR count). The normalized spacial score (nSPS) is 10.7. The van der Waals surface area contributed by atoms with E-state index in [1.54, 1.807) is 17.7 Å². The highest BCUT2D eigenvalue weighted by molar-refractivity contribution is 7.13. The van der Waals surface area contributed by atoms with Crippen molar-refractivity contribution in [2.75, 3.05) is 6.54 Å². The van der Waals surface area contributed by atoms with Crippen molar-refractivity contribution in [1.29, 1.82) is 0 Å². The molecule has 27 heavy (non-hydrogen) atoms. The standard InChI is InChI=1S/C22H19N3OS/c26-22(18-10-8-17(9-11-18)16-5-2-1-3-6-16)23-13-12-19-21(25-15-24-19)20-7-4-14-27-20/h1-11,14-15H,12-13H2,(H,23,26)(H,24,25). The Morgan fingerprint density at radius 1 is 0.963 bits per heavy atom. The molecule has 0 atom stereocenters. The highest BCUT2D eigenvalue weighted by atomic mass is 32.1. The van der Waals surface area contributed by atoms with Gasteiger partial charge in [0, 0.05) is 24.2 Å². The zero-order chi connectivity index (χ0) is 18.5. The molecule has 5 heteroatoms. The van der Waals surface area contributed by atoms with Gasteiger partial charge < -0.3 is 10.3 Å². The molecule has 4 nitrogen and oxygen atoms in total. The van der Waals surface area contributed by atoms with E-state index in [9.17, 15) is 4.79 Å². The minimum atomic E-state index is -0.0631. The van der Waals surface area contributed by atoms with Crippen LogP contribution >= 0.6 is 11.3 Å². The Hall–Kier alpha value is -3.18. The van der Waals surface area contributed by atoms with Crippen molar-refractivity contribution in [1.82, 2.24) is 15.3 Å². The number of carbonyl (C=O) groups is 1. The summed E-state index contributed by atoms with van der Waals surface area (Å²) >= 11 is 1.66. The van der Waals surface area contributed by atoms with Gasteiger partial charge in [0.05, 0.1) is 11.2 Å². The van der Waals surface area contributed by atoms with Gasteiger partial charge in [-0.25, -0.2) is 4.98 Å². The summed E-state index contributed by atoms with van der Waals surface area (Å²) in [6, 6.07) is 21.9. The van der Waals surface area contributed by atoms with Crippen LogP contribution in [0.15, 0.2) is 78.4 Å². The summed E-state index contributed by atoms with van der Waals surface area (Å²) in [5.74, 6) is -0.0631. The molecule has 0 bridgehead atoms. The van der Waals surface area contributed by atoms with Crippen LogP contribution in [0.1, 0.15) is 16.1 Å². The van der Waals surface area contributed by atoms with Gasteiger partial charge in [0.2, 0.25) is 0 Å². The second kappa shape index (κ2) is 8.01. The van der Waals surface area contributed by atoms with Crippen molar-refractivity contribution in [3.8, 4) is 21.7 Å². The number of nitrogens with zero attached hydrogens (tertiary/aromatic N) is 1. The van der Waals surface area contributed by atoms with Crippen molar-refractivity contribution < 1.29 is 4.79 Å². The van der Waals surface area contributed by atoms with Crippen LogP contribution in [-0.2, 0) is 6.42 Å². The number of rotatable bonds is 6. The second-order valence-electron chi connectivity index (χ2n) is 6.16. The number of aromatic amines is 1. The van der Waals surface area contributed by atoms with Gasteiger partial charge in [-0.15, -0.1) is 11.3 Å². The lowest BCUT2D eigenvalue weighted by molar-refractivity contribution is 0.0954. The van der Waals surface area contributed by atoms with Crippen LogP contribution in [0.2, 0.25) is 0 Å². The van der Waals surface area contributed by atoms with Crippen LogP contribution in [0.4, 0.5) is 0 Å². The van der Waals surface area contributed by atoms with Gasteiger partial charge in [0.15, 0.2) is 0 Å². The molecule has 2 heterocycles. The Labute approximate surface area is 161 Å². The van der Waals surface area contributed by atoms with Gasteiger partial charge in [-0.1, -0.05) is 48.5 Å². The number of nitrogens with one attached hydrogen (secondary N) is 2. The molecule has 0 fully saturated rings. The first kappa shape index (κ1) is 17.2. The predicted octanol–water partition coefficient (Wildman–Crippen LogP) is 4.78. The van der Waals surface area contributed by atoms with Crippen molar-refractivity contribution in [2.24, 2.45) is 0 Å². The first-order valence-electron chi connectivity index (χ1n) is 8.81. The minimum absolute atomic E-state index is 0.0631. The van der Waals surface area contributed by atoms with Gasteiger partial charge in [-0.2, -0.15) is 0 Å². The highest BCUT2D eigenvalue weighted by Crippen LogP contribution is 2.25. The van der Waals surface area contributed by atoms with Crippen molar-refractivity contribution in [3.05, 3.63) is 89.7 Å². The number of hydrogen-bond donors (Lipinski definition) is 2. The molecular weight excluding hydrogens is 354 g/mol. The second-order valence-corrected chi connectivity index (χ2v) is 7.10. The van der Waals surface area contributed by atoms with Crippen molar-refractivity contribution in [3.63, 3.8) is 0 Å². The van der Waals surface area contributed by atoms with E-state index in [-0.39, 0.29) is 5.91 Å². The first-order chi connectivity index (χ1) is 13.3. The van der Waals surface area contributed by atoms with Crippen LogP contribution < -0.4 is 5.32 Å². The molecule has 0 radical (unpaired) electrons. The van der Waals surface area contributed by atoms with Gasteiger partial charge in [0.25, 0.3) is 5.91 Å². The average Bonchev–Trinajstić information content (AvgIpc) is 3.40. The summed E-state index contributed by atoms with van der Waals surface area (Å²) in [5.41, 5.74) is 4.91. The van der Waals surface area contributed by atoms with Crippen molar-refractivity contribution in [2.45, 2.75) is 6.42 Å². The first-order valence-corrected chi connectivity index (χ1v) is 9.69. The highest BCUT2D eigenvalue weighted by Gasteiger charge is 2.10. The molecule has 0 spiro atoms. The Bertz CT molecular complexity index is 1010. The third-order valence-corrected chi connectivity index (χ3v) is 5.26. The molecule has 2 aromatic heterocycles. The van der Waals surface area contributed by atoms with Crippen LogP contribution in [0, 0.1) is 0 Å². The fraction of sp³-hybridized carbons (Fsp3) is 0.0909. The summed E-state index contributed by atoms with van der Waals surface area (Å²) in [7, 11) is 0. The lowest BCUT2D eigenvalue weighted by Gasteiger charge is -2.07. The Kier molecular flexibility index (Phi) is 5.12. The zero-order valence-corrected chi connectivity index (χ0v) is 15.5. The number of thiophene rings is 1. The maximum atomic E-state index is 12.4. The molecule has 0 aliphatic rings. The lowest BCUT2D eigenvalue weighted by Crippen LogP contribution is -2.25. The molecule has 2 aromatic carbocycles. The van der Waals surface area contributed by atoms with E-state index in [0.717, 1.165) is 27.4 Å². The van der Waals surface area contributed by atoms with E-state index < -0.39 is 0 Å². The largest absolute Gasteiger partial charge is 0.352 e. The SMILES string of the molecule is O=C(NCCc1[nH]cnc1-c1cccs1)c1ccc(-c2ccccc2)cc1. The number of aromatic nitrogens is 2. The Morgan fingerprint density at radius 2 is 1.74 bits per heavy atom. The summed E-state index contributed by atoms with van der Waals surface area (Å²) < 4.78 is 0. The van der Waals surface area contributed by atoms with E-state index >= 15 is 0 Å². The third-order valence-electron chi connectivity index (χ3n) is 4.39. The molecule has 4 aromatic rings. The number of H-pyrrole nitrogens is 1. The molecule has 0 saturated carbocycles. The average molecular weight is 373 g/mol. The van der Waals surface area contributed by atoms with Gasteiger partial charge in [0.1, 0.15) is 5.69 Å². The number of benzene rings is 2. The number of carbonyl (C=O) groups excluding carboxylic acids is 1. The summed E-state index contributed by atoms with van der Waals surface area (Å²) in [6.45, 7) is 0.555. The predicted molar refractivity (Wildman–Crippen MR) is 110 cm³/mol. The van der Waals surface area contributed by atoms with Crippen LogP contribution in [0.3, 0.4) is 0 Å². The van der Waals surface area contributed by atoms with Crippen LogP contribution in [-0.4, -0.2) is 22.4 Å². The molecule has 0 aliphatic carbocycles. The number of amides is 1. The van der Waals surface area contributed by atoms with Gasteiger partial charge in [-0.3, -0.25) is 4.79 Å². The van der Waals surface area contributed by atoms with E-state index in [1.807, 2.05) is 53.9 Å².